The summed E-state index contributed by atoms with van der Waals surface area (Å²) in [6.07, 6.45) is 3.67. The molecule has 0 amide bonds. The smallest absolute Gasteiger partial charge is 0.150 e. The third-order valence-electron chi connectivity index (χ3n) is 3.90. The molecule has 0 aliphatic heterocycles. The van der Waals surface area contributed by atoms with Gasteiger partial charge in [-0.15, -0.1) is 0 Å². The van der Waals surface area contributed by atoms with Crippen molar-refractivity contribution in [3.05, 3.63) is 65.7 Å². The molecule has 20 heavy (non-hydrogen) atoms. The zero-order valence-electron chi connectivity index (χ0n) is 11.4. The summed E-state index contributed by atoms with van der Waals surface area (Å²) in [5.41, 5.74) is 6.58. The molecule has 3 aromatic rings. The van der Waals surface area contributed by atoms with Crippen molar-refractivity contribution in [2.45, 2.75) is 19.8 Å². The molecule has 0 fully saturated rings. The molecule has 1 aromatic heterocycles. The van der Waals surface area contributed by atoms with Crippen molar-refractivity contribution in [1.82, 2.24) is 14.8 Å². The van der Waals surface area contributed by atoms with Crippen LogP contribution in [0, 0.1) is 0 Å². The Hall–Kier alpha value is -2.42. The van der Waals surface area contributed by atoms with Crippen LogP contribution in [0.3, 0.4) is 0 Å². The summed E-state index contributed by atoms with van der Waals surface area (Å²) >= 11 is 0. The predicted octanol–water partition coefficient (Wildman–Crippen LogP) is 3.40. The summed E-state index contributed by atoms with van der Waals surface area (Å²) in [5, 5.41) is 4.48. The van der Waals surface area contributed by atoms with E-state index in [0.717, 1.165) is 24.4 Å². The highest BCUT2D eigenvalue weighted by Gasteiger charge is 2.18. The lowest BCUT2D eigenvalue weighted by Crippen LogP contribution is -1.96. The third-order valence-corrected chi connectivity index (χ3v) is 3.90. The van der Waals surface area contributed by atoms with Gasteiger partial charge in [-0.3, -0.25) is 0 Å². The molecule has 0 unspecified atom stereocenters. The molecule has 0 saturated heterocycles. The molecule has 1 heterocycles. The van der Waals surface area contributed by atoms with Gasteiger partial charge in [0.05, 0.1) is 5.69 Å². The maximum Gasteiger partial charge on any atom is 0.150 e. The molecular formula is C17H15N3. The van der Waals surface area contributed by atoms with E-state index in [9.17, 15) is 0 Å². The monoisotopic (exact) mass is 261 g/mol. The van der Waals surface area contributed by atoms with Crippen LogP contribution in [0.25, 0.3) is 16.8 Å². The Morgan fingerprint density at radius 2 is 1.90 bits per heavy atom. The van der Waals surface area contributed by atoms with Crippen LogP contribution < -0.4 is 0 Å². The minimum Gasteiger partial charge on any atom is -0.221 e. The second kappa shape index (κ2) is 4.30. The van der Waals surface area contributed by atoms with E-state index in [-0.39, 0.29) is 0 Å². The van der Waals surface area contributed by atoms with E-state index < -0.39 is 0 Å². The van der Waals surface area contributed by atoms with Gasteiger partial charge in [0.15, 0.2) is 5.82 Å². The molecule has 0 saturated carbocycles. The Morgan fingerprint density at radius 1 is 1.05 bits per heavy atom. The van der Waals surface area contributed by atoms with E-state index in [1.165, 1.54) is 22.3 Å². The molecule has 0 atom stereocenters. The zero-order valence-corrected chi connectivity index (χ0v) is 11.4. The summed E-state index contributed by atoms with van der Waals surface area (Å²) in [6.45, 7) is 2.07. The van der Waals surface area contributed by atoms with Gasteiger partial charge in [0, 0.05) is 6.42 Å². The largest absolute Gasteiger partial charge is 0.221 e. The van der Waals surface area contributed by atoms with E-state index in [1.54, 1.807) is 6.33 Å². The van der Waals surface area contributed by atoms with Crippen LogP contribution in [0.2, 0.25) is 0 Å². The van der Waals surface area contributed by atoms with Gasteiger partial charge >= 0.3 is 0 Å². The summed E-state index contributed by atoms with van der Waals surface area (Å²) in [7, 11) is 0. The Balaban J connectivity index is 1.78. The lowest BCUT2D eigenvalue weighted by molar-refractivity contribution is 0.838. The summed E-state index contributed by atoms with van der Waals surface area (Å²) < 4.78 is 1.86. The Bertz CT molecular complexity index is 786. The second-order valence-electron chi connectivity index (χ2n) is 5.13. The number of aryl methyl sites for hydroxylation is 1. The molecule has 2 aromatic carbocycles. The Morgan fingerprint density at radius 3 is 2.75 bits per heavy atom. The molecule has 3 heteroatoms. The third kappa shape index (κ3) is 1.67. The van der Waals surface area contributed by atoms with Crippen molar-refractivity contribution < 1.29 is 0 Å². The minimum atomic E-state index is 0.864. The van der Waals surface area contributed by atoms with E-state index in [0.29, 0.717) is 0 Å². The van der Waals surface area contributed by atoms with Crippen LogP contribution in [0.5, 0.6) is 0 Å². The first-order valence-corrected chi connectivity index (χ1v) is 6.97. The first-order chi connectivity index (χ1) is 9.85. The number of hydrogen-bond acceptors (Lipinski definition) is 2. The van der Waals surface area contributed by atoms with Gasteiger partial charge in [0.2, 0.25) is 0 Å². The zero-order chi connectivity index (χ0) is 13.5. The van der Waals surface area contributed by atoms with Gasteiger partial charge in [0.25, 0.3) is 0 Å². The Kier molecular flexibility index (Phi) is 2.46. The molecule has 1 aliphatic carbocycles. The lowest BCUT2D eigenvalue weighted by Gasteiger charge is -2.04. The van der Waals surface area contributed by atoms with Crippen molar-refractivity contribution in [1.29, 1.82) is 0 Å². The first kappa shape index (κ1) is 11.4. The minimum absolute atomic E-state index is 0.864. The standard InChI is InChI=1S/C17H15N3/c1-2-17-18-11-20(19-17)14-7-8-16-13(10-14)9-12-5-3-4-6-15(12)16/h3-8,10-11H,2,9H2,1H3. The second-order valence-corrected chi connectivity index (χ2v) is 5.13. The number of rotatable bonds is 2. The maximum atomic E-state index is 4.48. The van der Waals surface area contributed by atoms with Gasteiger partial charge in [-0.25, -0.2) is 9.67 Å². The average Bonchev–Trinajstić information content (AvgIpc) is 3.10. The molecule has 0 spiro atoms. The number of nitrogens with zero attached hydrogens (tertiary/aromatic N) is 3. The average molecular weight is 261 g/mol. The highest BCUT2D eigenvalue weighted by molar-refractivity contribution is 5.77. The van der Waals surface area contributed by atoms with E-state index >= 15 is 0 Å². The van der Waals surface area contributed by atoms with E-state index in [1.807, 2.05) is 4.68 Å². The number of hydrogen-bond donors (Lipinski definition) is 0. The van der Waals surface area contributed by atoms with Gasteiger partial charge in [0.1, 0.15) is 6.33 Å². The van der Waals surface area contributed by atoms with E-state index in [2.05, 4.69) is 59.5 Å². The van der Waals surface area contributed by atoms with Gasteiger partial charge in [-0.05, 0) is 40.8 Å². The van der Waals surface area contributed by atoms with Crippen molar-refractivity contribution in [2.75, 3.05) is 0 Å². The van der Waals surface area contributed by atoms with Crippen LogP contribution in [0.1, 0.15) is 23.9 Å². The van der Waals surface area contributed by atoms with Crippen LogP contribution in [0.4, 0.5) is 0 Å². The first-order valence-electron chi connectivity index (χ1n) is 6.97. The highest BCUT2D eigenvalue weighted by Crippen LogP contribution is 2.37. The number of fused-ring (bicyclic) bond motifs is 3. The highest BCUT2D eigenvalue weighted by atomic mass is 15.3. The molecule has 1 aliphatic rings. The maximum absolute atomic E-state index is 4.48. The molecule has 0 radical (unpaired) electrons. The predicted molar refractivity (Wildman–Crippen MR) is 79.0 cm³/mol. The van der Waals surface area contributed by atoms with E-state index in [4.69, 9.17) is 0 Å². The topological polar surface area (TPSA) is 30.7 Å². The van der Waals surface area contributed by atoms with Gasteiger partial charge in [-0.1, -0.05) is 37.3 Å². The van der Waals surface area contributed by atoms with Crippen LogP contribution in [-0.2, 0) is 12.8 Å². The fraction of sp³-hybridized carbons (Fsp3) is 0.176. The molecule has 3 nitrogen and oxygen atoms in total. The fourth-order valence-electron chi connectivity index (χ4n) is 2.86. The summed E-state index contributed by atoms with van der Waals surface area (Å²) in [6, 6.07) is 15.2. The van der Waals surface area contributed by atoms with Crippen LogP contribution in [-0.4, -0.2) is 14.8 Å². The lowest BCUT2D eigenvalue weighted by atomic mass is 10.1. The fourth-order valence-corrected chi connectivity index (χ4v) is 2.86. The van der Waals surface area contributed by atoms with Crippen molar-refractivity contribution in [3.8, 4) is 16.8 Å². The molecule has 4 rings (SSSR count). The Labute approximate surface area is 117 Å². The number of aromatic nitrogens is 3. The molecule has 0 N–H and O–H groups in total. The quantitative estimate of drug-likeness (QED) is 0.553. The summed E-state index contributed by atoms with van der Waals surface area (Å²) in [5.74, 6) is 0.883. The number of benzene rings is 2. The summed E-state index contributed by atoms with van der Waals surface area (Å²) in [4.78, 5) is 4.30. The van der Waals surface area contributed by atoms with Crippen molar-refractivity contribution in [2.24, 2.45) is 0 Å². The molecule has 98 valence electrons. The SMILES string of the molecule is CCc1ncn(-c2ccc3c(c2)Cc2ccccc2-3)n1. The van der Waals surface area contributed by atoms with Crippen molar-refractivity contribution >= 4 is 0 Å². The molecular weight excluding hydrogens is 246 g/mol. The van der Waals surface area contributed by atoms with Gasteiger partial charge < -0.3 is 0 Å². The normalized spacial score (nSPS) is 12.2. The van der Waals surface area contributed by atoms with Crippen LogP contribution >= 0.6 is 0 Å². The van der Waals surface area contributed by atoms with Crippen LogP contribution in [0.15, 0.2) is 48.8 Å². The van der Waals surface area contributed by atoms with Crippen molar-refractivity contribution in [3.63, 3.8) is 0 Å². The molecule has 0 bridgehead atoms. The van der Waals surface area contributed by atoms with Gasteiger partial charge in [-0.2, -0.15) is 5.10 Å².